The van der Waals surface area contributed by atoms with Crippen LogP contribution >= 0.6 is 0 Å². The van der Waals surface area contributed by atoms with Crippen LogP contribution in [-0.4, -0.2) is 75.3 Å². The summed E-state index contributed by atoms with van der Waals surface area (Å²) in [5.41, 5.74) is -1.05. The molecule has 9 nitrogen and oxygen atoms in total. The lowest BCUT2D eigenvalue weighted by atomic mass is 9.78. The van der Waals surface area contributed by atoms with Crippen LogP contribution in [0.5, 0.6) is 5.88 Å². The standard InChI is InChI=1S/C27H32F3N5O4/c1-38-22-12-18(19(28)15-31-22)20-13-21(34-33-20)24(37)35-10-4-16(14-25(35)7-8-25)23(36)32-17-2-5-26(6-3-17)27(29,30)9-11-39-26/h12-13,15-17H,2-11,14H2,1H3,(H,32,36)(H,33,34)/t16-,17?,26?/m1/s1. The lowest BCUT2D eigenvalue weighted by molar-refractivity contribution is -0.165. The van der Waals surface area contributed by atoms with Gasteiger partial charge in [-0.05, 0) is 57.4 Å². The van der Waals surface area contributed by atoms with Crippen LogP contribution in [0.15, 0.2) is 18.3 Å². The highest BCUT2D eigenvalue weighted by molar-refractivity contribution is 5.94. The summed E-state index contributed by atoms with van der Waals surface area (Å²) < 4.78 is 53.6. The number of halogens is 3. The predicted molar refractivity (Wildman–Crippen MR) is 133 cm³/mol. The first-order valence-corrected chi connectivity index (χ1v) is 13.5. The van der Waals surface area contributed by atoms with Gasteiger partial charge in [0, 0.05) is 42.1 Å². The molecule has 2 amide bonds. The molecule has 2 aromatic heterocycles. The highest BCUT2D eigenvalue weighted by Gasteiger charge is 2.59. The number of ether oxygens (including phenoxy) is 2. The van der Waals surface area contributed by atoms with Gasteiger partial charge in [0.2, 0.25) is 11.8 Å². The molecule has 4 heterocycles. The number of hydrogen-bond acceptors (Lipinski definition) is 6. The average molecular weight is 548 g/mol. The van der Waals surface area contributed by atoms with E-state index in [-0.39, 0.29) is 66.8 Å². The Hall–Kier alpha value is -3.15. The van der Waals surface area contributed by atoms with Crippen molar-refractivity contribution in [3.63, 3.8) is 0 Å². The number of pyridine rings is 1. The smallest absolute Gasteiger partial charge is 0.278 e. The highest BCUT2D eigenvalue weighted by Crippen LogP contribution is 2.51. The fourth-order valence-corrected chi connectivity index (χ4v) is 6.56. The fourth-order valence-electron chi connectivity index (χ4n) is 6.56. The number of carbonyl (C=O) groups is 2. The first-order valence-electron chi connectivity index (χ1n) is 13.5. The zero-order valence-corrected chi connectivity index (χ0v) is 21.8. The number of methoxy groups -OCH3 is 1. The third-order valence-electron chi connectivity index (χ3n) is 9.07. The van der Waals surface area contributed by atoms with E-state index < -0.39 is 22.9 Å². The number of nitrogens with one attached hydrogen (secondary N) is 2. The number of amides is 2. The van der Waals surface area contributed by atoms with E-state index in [1.165, 1.54) is 19.2 Å². The topological polar surface area (TPSA) is 109 Å². The molecule has 2 saturated carbocycles. The molecule has 2 aromatic rings. The van der Waals surface area contributed by atoms with E-state index in [0.717, 1.165) is 19.0 Å². The third kappa shape index (κ3) is 4.56. The van der Waals surface area contributed by atoms with Gasteiger partial charge in [0.25, 0.3) is 11.8 Å². The second kappa shape index (κ2) is 9.50. The van der Waals surface area contributed by atoms with Crippen molar-refractivity contribution in [2.24, 2.45) is 5.92 Å². The first-order chi connectivity index (χ1) is 18.7. The average Bonchev–Trinajstić information content (AvgIpc) is 3.38. The van der Waals surface area contributed by atoms with E-state index in [0.29, 0.717) is 37.9 Å². The van der Waals surface area contributed by atoms with Gasteiger partial charge in [0.05, 0.1) is 25.6 Å². The van der Waals surface area contributed by atoms with Gasteiger partial charge in [-0.15, -0.1) is 0 Å². The van der Waals surface area contributed by atoms with Gasteiger partial charge in [0.1, 0.15) is 5.60 Å². The highest BCUT2D eigenvalue weighted by atomic mass is 19.3. The number of aromatic nitrogens is 3. The molecule has 2 spiro atoms. The van der Waals surface area contributed by atoms with E-state index in [1.807, 2.05) is 0 Å². The van der Waals surface area contributed by atoms with Gasteiger partial charge in [-0.3, -0.25) is 14.7 Å². The van der Waals surface area contributed by atoms with Gasteiger partial charge in [-0.2, -0.15) is 5.10 Å². The van der Waals surface area contributed by atoms with Crippen molar-refractivity contribution in [3.8, 4) is 17.1 Å². The van der Waals surface area contributed by atoms with Crippen molar-refractivity contribution >= 4 is 11.8 Å². The largest absolute Gasteiger partial charge is 0.481 e. The summed E-state index contributed by atoms with van der Waals surface area (Å²) in [6.45, 7) is 0.489. The van der Waals surface area contributed by atoms with Crippen molar-refractivity contribution in [1.82, 2.24) is 25.4 Å². The van der Waals surface area contributed by atoms with Gasteiger partial charge >= 0.3 is 0 Å². The zero-order chi connectivity index (χ0) is 27.4. The van der Waals surface area contributed by atoms with Gasteiger partial charge in [0.15, 0.2) is 11.5 Å². The predicted octanol–water partition coefficient (Wildman–Crippen LogP) is 3.86. The Morgan fingerprint density at radius 1 is 1.15 bits per heavy atom. The quantitative estimate of drug-likeness (QED) is 0.589. The maximum Gasteiger partial charge on any atom is 0.278 e. The summed E-state index contributed by atoms with van der Waals surface area (Å²) in [4.78, 5) is 32.2. The molecule has 2 N–H and O–H groups in total. The van der Waals surface area contributed by atoms with Crippen molar-refractivity contribution in [3.05, 3.63) is 29.8 Å². The van der Waals surface area contributed by atoms with Crippen LogP contribution in [-0.2, 0) is 9.53 Å². The van der Waals surface area contributed by atoms with Gasteiger partial charge in [-0.1, -0.05) is 0 Å². The molecule has 39 heavy (non-hydrogen) atoms. The van der Waals surface area contributed by atoms with Gasteiger partial charge < -0.3 is 19.7 Å². The molecule has 12 heteroatoms. The molecular formula is C27H32F3N5O4. The molecular weight excluding hydrogens is 515 g/mol. The molecule has 210 valence electrons. The van der Waals surface area contributed by atoms with Gasteiger partial charge in [-0.25, -0.2) is 18.2 Å². The summed E-state index contributed by atoms with van der Waals surface area (Å²) in [5.74, 6) is -3.72. The summed E-state index contributed by atoms with van der Waals surface area (Å²) in [6, 6.07) is 2.80. The number of hydrogen-bond donors (Lipinski definition) is 2. The number of aromatic amines is 1. The molecule has 0 unspecified atom stereocenters. The number of alkyl halides is 2. The molecule has 4 fully saturated rings. The molecule has 0 bridgehead atoms. The Morgan fingerprint density at radius 2 is 1.92 bits per heavy atom. The minimum absolute atomic E-state index is 0.0717. The third-order valence-corrected chi connectivity index (χ3v) is 9.07. The number of rotatable bonds is 5. The Balaban J connectivity index is 1.07. The van der Waals surface area contributed by atoms with Crippen molar-refractivity contribution < 1.29 is 32.2 Å². The molecule has 1 atom stereocenters. The Labute approximate surface area is 223 Å². The minimum atomic E-state index is -2.81. The van der Waals surface area contributed by atoms with Crippen LogP contribution < -0.4 is 10.1 Å². The fraction of sp³-hybridized carbons (Fsp3) is 0.630. The van der Waals surface area contributed by atoms with Crippen LogP contribution in [0.2, 0.25) is 0 Å². The summed E-state index contributed by atoms with van der Waals surface area (Å²) in [6.07, 6.45) is 4.88. The van der Waals surface area contributed by atoms with E-state index in [9.17, 15) is 22.8 Å². The summed E-state index contributed by atoms with van der Waals surface area (Å²) >= 11 is 0. The molecule has 4 aliphatic rings. The van der Waals surface area contributed by atoms with Crippen molar-refractivity contribution in [2.75, 3.05) is 20.3 Å². The minimum Gasteiger partial charge on any atom is -0.481 e. The number of nitrogens with zero attached hydrogens (tertiary/aromatic N) is 3. The maximum absolute atomic E-state index is 14.3. The normalized spacial score (nSPS) is 29.0. The molecule has 2 saturated heterocycles. The maximum atomic E-state index is 14.3. The summed E-state index contributed by atoms with van der Waals surface area (Å²) in [7, 11) is 1.43. The Bertz CT molecular complexity index is 1270. The monoisotopic (exact) mass is 547 g/mol. The number of likely N-dealkylation sites (tertiary alicyclic amines) is 1. The number of H-pyrrole nitrogens is 1. The van der Waals surface area contributed by atoms with E-state index in [1.54, 1.807) is 4.90 Å². The van der Waals surface area contributed by atoms with Crippen molar-refractivity contribution in [2.45, 2.75) is 80.9 Å². The molecule has 0 aromatic carbocycles. The number of carbonyl (C=O) groups excluding carboxylic acids is 2. The lowest BCUT2D eigenvalue weighted by Crippen LogP contribution is -2.54. The lowest BCUT2D eigenvalue weighted by Gasteiger charge is -2.42. The van der Waals surface area contributed by atoms with Crippen LogP contribution in [0.4, 0.5) is 13.2 Å². The van der Waals surface area contributed by atoms with E-state index in [2.05, 4.69) is 20.5 Å². The van der Waals surface area contributed by atoms with Crippen molar-refractivity contribution in [1.29, 1.82) is 0 Å². The zero-order valence-electron chi connectivity index (χ0n) is 21.8. The van der Waals surface area contributed by atoms with Crippen LogP contribution in [0.3, 0.4) is 0 Å². The molecule has 6 rings (SSSR count). The SMILES string of the molecule is COc1cc(-c2cc(C(=O)N3CC[C@@H](C(=O)NC4CCC5(CC4)OCCC5(F)F)CC34CC4)n[nH]2)c(F)cn1. The summed E-state index contributed by atoms with van der Waals surface area (Å²) in [5, 5.41) is 9.97. The first kappa shape index (κ1) is 26.1. The van der Waals surface area contributed by atoms with Crippen LogP contribution in [0.25, 0.3) is 11.3 Å². The molecule has 0 radical (unpaired) electrons. The Kier molecular flexibility index (Phi) is 6.35. The van der Waals surface area contributed by atoms with Crippen LogP contribution in [0, 0.1) is 11.7 Å². The Morgan fingerprint density at radius 3 is 2.59 bits per heavy atom. The van der Waals surface area contributed by atoms with Crippen LogP contribution in [0.1, 0.15) is 68.3 Å². The van der Waals surface area contributed by atoms with E-state index >= 15 is 0 Å². The second-order valence-corrected chi connectivity index (χ2v) is 11.3. The second-order valence-electron chi connectivity index (χ2n) is 11.3. The molecule has 2 aliphatic heterocycles. The number of piperidine rings is 1. The molecule has 2 aliphatic carbocycles. The van der Waals surface area contributed by atoms with E-state index in [4.69, 9.17) is 9.47 Å².